The number of aromatic nitrogens is 2. The van der Waals surface area contributed by atoms with E-state index in [-0.39, 0.29) is 29.4 Å². The zero-order chi connectivity index (χ0) is 29.1. The van der Waals surface area contributed by atoms with E-state index >= 15 is 0 Å². The first-order chi connectivity index (χ1) is 18.8. The molecule has 2 amide bonds. The van der Waals surface area contributed by atoms with Gasteiger partial charge in [0.2, 0.25) is 11.8 Å². The third-order valence-corrected chi connectivity index (χ3v) is 7.46. The van der Waals surface area contributed by atoms with Crippen LogP contribution in [0.4, 0.5) is 17.2 Å². The molecular formula is C31H39N5O3S. The number of carbonyl (C=O) groups is 3. The summed E-state index contributed by atoms with van der Waals surface area (Å²) in [4.78, 5) is 47.5. The second-order valence-electron chi connectivity index (χ2n) is 12.0. The zero-order valence-electron chi connectivity index (χ0n) is 23.9. The first kappa shape index (κ1) is 29.4. The number of H-pyrrole nitrogens is 1. The van der Waals surface area contributed by atoms with E-state index in [1.165, 1.54) is 6.92 Å². The van der Waals surface area contributed by atoms with Crippen molar-refractivity contribution in [3.8, 4) is 11.3 Å². The van der Waals surface area contributed by atoms with E-state index < -0.39 is 4.75 Å². The summed E-state index contributed by atoms with van der Waals surface area (Å²) in [5.41, 5.74) is 4.56. The van der Waals surface area contributed by atoms with Gasteiger partial charge in [-0.15, -0.1) is 0 Å². The molecule has 0 bridgehead atoms. The highest BCUT2D eigenvalue weighted by atomic mass is 32.1. The molecule has 1 aliphatic rings. The van der Waals surface area contributed by atoms with Crippen molar-refractivity contribution in [3.05, 3.63) is 59.9 Å². The Morgan fingerprint density at radius 2 is 1.88 bits per heavy atom. The molecule has 9 heteroatoms. The lowest BCUT2D eigenvalue weighted by Crippen LogP contribution is -2.36. The van der Waals surface area contributed by atoms with Gasteiger partial charge in [0.05, 0.1) is 16.9 Å². The maximum absolute atomic E-state index is 13.7. The number of para-hydroxylation sites is 1. The fraction of sp³-hybridized carbons (Fsp3) is 0.419. The van der Waals surface area contributed by atoms with E-state index in [2.05, 4.69) is 41.4 Å². The quantitative estimate of drug-likeness (QED) is 0.231. The second-order valence-corrected chi connectivity index (χ2v) is 12.9. The Labute approximate surface area is 241 Å². The van der Waals surface area contributed by atoms with E-state index in [9.17, 15) is 14.4 Å². The van der Waals surface area contributed by atoms with E-state index in [1.807, 2.05) is 43.4 Å². The molecule has 8 nitrogen and oxygen atoms in total. The first-order valence-electron chi connectivity index (χ1n) is 13.6. The van der Waals surface area contributed by atoms with Crippen LogP contribution in [0.3, 0.4) is 0 Å². The van der Waals surface area contributed by atoms with Crippen LogP contribution in [-0.4, -0.2) is 50.8 Å². The third kappa shape index (κ3) is 7.33. The van der Waals surface area contributed by atoms with Crippen molar-refractivity contribution in [1.82, 2.24) is 14.9 Å². The number of thiol groups is 1. The molecule has 0 radical (unpaired) electrons. The summed E-state index contributed by atoms with van der Waals surface area (Å²) in [5.74, 6) is 0.332. The summed E-state index contributed by atoms with van der Waals surface area (Å²) < 4.78 is -0.557. The molecule has 0 aliphatic heterocycles. The molecular weight excluding hydrogens is 522 g/mol. The second kappa shape index (κ2) is 11.9. The molecule has 0 saturated heterocycles. The predicted molar refractivity (Wildman–Crippen MR) is 163 cm³/mol. The van der Waals surface area contributed by atoms with Crippen LogP contribution < -0.4 is 10.6 Å². The molecule has 1 aromatic carbocycles. The van der Waals surface area contributed by atoms with Crippen LogP contribution in [0.2, 0.25) is 0 Å². The van der Waals surface area contributed by atoms with Gasteiger partial charge in [-0.3, -0.25) is 14.4 Å². The van der Waals surface area contributed by atoms with Gasteiger partial charge >= 0.3 is 0 Å². The number of carbonyl (C=O) groups excluding carboxylic acids is 3. The largest absolute Gasteiger partial charge is 0.356 e. The van der Waals surface area contributed by atoms with Crippen molar-refractivity contribution < 1.29 is 14.4 Å². The van der Waals surface area contributed by atoms with E-state index in [4.69, 9.17) is 12.6 Å². The van der Waals surface area contributed by atoms with Crippen molar-refractivity contribution in [2.24, 2.45) is 5.41 Å². The van der Waals surface area contributed by atoms with Gasteiger partial charge in [0.1, 0.15) is 5.82 Å². The van der Waals surface area contributed by atoms with Crippen LogP contribution in [0.1, 0.15) is 69.4 Å². The number of hydrogen-bond donors (Lipinski definition) is 4. The number of anilines is 3. The van der Waals surface area contributed by atoms with Crippen molar-refractivity contribution in [2.45, 2.75) is 64.5 Å². The van der Waals surface area contributed by atoms with Gasteiger partial charge in [-0.25, -0.2) is 4.98 Å². The molecule has 1 unspecified atom stereocenters. The predicted octanol–water partition coefficient (Wildman–Crippen LogP) is 6.25. The summed E-state index contributed by atoms with van der Waals surface area (Å²) in [6.45, 7) is 8.47. The van der Waals surface area contributed by atoms with Gasteiger partial charge in [-0.2, -0.15) is 12.6 Å². The molecule has 2 heterocycles. The number of nitrogens with one attached hydrogen (secondary N) is 3. The highest BCUT2D eigenvalue weighted by molar-refractivity contribution is 7.81. The molecule has 1 aliphatic carbocycles. The minimum Gasteiger partial charge on any atom is -0.356 e. The highest BCUT2D eigenvalue weighted by Crippen LogP contribution is 2.44. The summed E-state index contributed by atoms with van der Waals surface area (Å²) in [7, 11) is 1.85. The number of ketones is 1. The minimum absolute atomic E-state index is 0.00417. The van der Waals surface area contributed by atoms with Crippen LogP contribution in [0.25, 0.3) is 11.3 Å². The van der Waals surface area contributed by atoms with Gasteiger partial charge in [0.25, 0.3) is 0 Å². The van der Waals surface area contributed by atoms with Crippen molar-refractivity contribution in [2.75, 3.05) is 24.2 Å². The first-order valence-corrected chi connectivity index (χ1v) is 14.1. The van der Waals surface area contributed by atoms with Gasteiger partial charge < -0.3 is 20.5 Å². The van der Waals surface area contributed by atoms with Crippen LogP contribution in [-0.2, 0) is 16.0 Å². The molecule has 4 rings (SSSR count). The van der Waals surface area contributed by atoms with Gasteiger partial charge in [0, 0.05) is 67.7 Å². The number of fused-ring (bicyclic) bond motifs is 1. The average molecular weight is 562 g/mol. The smallest absolute Gasteiger partial charge is 0.222 e. The lowest BCUT2D eigenvalue weighted by atomic mass is 9.82. The van der Waals surface area contributed by atoms with Crippen molar-refractivity contribution in [1.29, 1.82) is 0 Å². The molecule has 3 N–H and O–H groups in total. The topological polar surface area (TPSA) is 107 Å². The number of benzene rings is 1. The fourth-order valence-electron chi connectivity index (χ4n) is 5.35. The van der Waals surface area contributed by atoms with Gasteiger partial charge in [0.15, 0.2) is 5.78 Å². The average Bonchev–Trinajstić information content (AvgIpc) is 3.21. The molecule has 0 spiro atoms. The molecule has 40 heavy (non-hydrogen) atoms. The maximum Gasteiger partial charge on any atom is 0.222 e. The third-order valence-electron chi connectivity index (χ3n) is 6.92. The van der Waals surface area contributed by atoms with E-state index in [0.717, 1.165) is 22.6 Å². The lowest BCUT2D eigenvalue weighted by molar-refractivity contribution is -0.131. The summed E-state index contributed by atoms with van der Waals surface area (Å²) in [6.07, 6.45) is 4.21. The number of hydrogen-bond acceptors (Lipinski definition) is 6. The van der Waals surface area contributed by atoms with Crippen LogP contribution in [0.15, 0.2) is 48.7 Å². The summed E-state index contributed by atoms with van der Waals surface area (Å²) in [5, 5.41) is 6.18. The Balaban J connectivity index is 1.60. The maximum atomic E-state index is 13.7. The summed E-state index contributed by atoms with van der Waals surface area (Å²) >= 11 is 5.00. The Morgan fingerprint density at radius 3 is 2.55 bits per heavy atom. The monoisotopic (exact) mass is 561 g/mol. The van der Waals surface area contributed by atoms with Crippen molar-refractivity contribution >= 4 is 47.4 Å². The SMILES string of the molecule is CC(=O)Nc1cc(-c2[nH]c3c(c2Nc2ccccc2)C(=O)CC(S)(CCCC(=O)N(C)CC(C)(C)C)C3)ccn1. The molecule has 212 valence electrons. The van der Waals surface area contributed by atoms with E-state index in [1.54, 1.807) is 17.2 Å². The number of pyridine rings is 1. The molecule has 0 saturated carbocycles. The number of amides is 2. The van der Waals surface area contributed by atoms with Crippen LogP contribution in [0, 0.1) is 5.41 Å². The fourth-order valence-corrected chi connectivity index (χ4v) is 5.81. The number of aromatic amines is 1. The Hall–Kier alpha value is -3.59. The minimum atomic E-state index is -0.557. The Bertz CT molecular complexity index is 1400. The Morgan fingerprint density at radius 1 is 1.15 bits per heavy atom. The number of rotatable bonds is 9. The normalized spacial score (nSPS) is 16.8. The van der Waals surface area contributed by atoms with Crippen LogP contribution >= 0.6 is 12.6 Å². The Kier molecular flexibility index (Phi) is 8.73. The molecule has 0 fully saturated rings. The standard InChI is InChI=1S/C31H39N5O3S/c1-20(37)33-25-16-21(13-15-32-25)28-29(34-22-10-7-6-8-11-22)27-23(35-28)17-31(40,18-24(27)38)14-9-12-26(39)36(5)19-30(2,3)4/h6-8,10-11,13,15-16,34-35,40H,9,12,14,17-19H2,1-5H3,(H,32,33,37). The lowest BCUT2D eigenvalue weighted by Gasteiger charge is -2.32. The highest BCUT2D eigenvalue weighted by Gasteiger charge is 2.39. The van der Waals surface area contributed by atoms with E-state index in [0.29, 0.717) is 49.3 Å². The summed E-state index contributed by atoms with van der Waals surface area (Å²) in [6, 6.07) is 13.3. The molecule has 3 aromatic rings. The number of Topliss-reactive ketones (excluding diaryl/α,β-unsaturated/α-hetero) is 1. The van der Waals surface area contributed by atoms with Gasteiger partial charge in [-0.05, 0) is 42.5 Å². The van der Waals surface area contributed by atoms with Crippen LogP contribution in [0.5, 0.6) is 0 Å². The van der Waals surface area contributed by atoms with Gasteiger partial charge in [-0.1, -0.05) is 39.0 Å². The molecule has 2 aromatic heterocycles. The number of nitrogens with zero attached hydrogens (tertiary/aromatic N) is 2. The van der Waals surface area contributed by atoms with Crippen molar-refractivity contribution in [3.63, 3.8) is 0 Å². The molecule has 1 atom stereocenters. The zero-order valence-corrected chi connectivity index (χ0v) is 24.8.